The van der Waals surface area contributed by atoms with Crippen molar-refractivity contribution < 1.29 is 4.79 Å². The fourth-order valence-corrected chi connectivity index (χ4v) is 3.63. The number of carbonyl (C=O) groups excluding carboxylic acids is 1. The number of carbonyl (C=O) groups is 1. The summed E-state index contributed by atoms with van der Waals surface area (Å²) in [6.45, 7) is 3.56. The highest BCUT2D eigenvalue weighted by molar-refractivity contribution is 7.17. The summed E-state index contributed by atoms with van der Waals surface area (Å²) in [6, 6.07) is 8.32. The first kappa shape index (κ1) is 12.6. The molecule has 0 spiro atoms. The topological polar surface area (TPSA) is 46.3 Å². The number of rotatable bonds is 2. The molecular weight excluding hydrogens is 256 g/mol. The van der Waals surface area contributed by atoms with E-state index in [1.807, 2.05) is 23.1 Å². The molecule has 1 aromatic carbocycles. The van der Waals surface area contributed by atoms with E-state index in [4.69, 9.17) is 5.73 Å². The van der Waals surface area contributed by atoms with Gasteiger partial charge in [0.05, 0.1) is 0 Å². The highest BCUT2D eigenvalue weighted by Gasteiger charge is 2.32. The summed E-state index contributed by atoms with van der Waals surface area (Å²) in [5.74, 6) is 0.584. The Morgan fingerprint density at radius 3 is 3.05 bits per heavy atom. The van der Waals surface area contributed by atoms with Gasteiger partial charge in [0.25, 0.3) is 5.91 Å². The van der Waals surface area contributed by atoms with Gasteiger partial charge in [-0.2, -0.15) is 0 Å². The van der Waals surface area contributed by atoms with Gasteiger partial charge in [0, 0.05) is 22.8 Å². The van der Waals surface area contributed by atoms with E-state index in [9.17, 15) is 4.79 Å². The van der Waals surface area contributed by atoms with Crippen LogP contribution in [0.4, 0.5) is 0 Å². The van der Waals surface area contributed by atoms with Gasteiger partial charge in [0.2, 0.25) is 0 Å². The van der Waals surface area contributed by atoms with Gasteiger partial charge in [0.1, 0.15) is 0 Å². The molecule has 2 atom stereocenters. The molecule has 0 radical (unpaired) electrons. The van der Waals surface area contributed by atoms with Crippen LogP contribution in [0.15, 0.2) is 29.6 Å². The zero-order valence-corrected chi connectivity index (χ0v) is 11.8. The van der Waals surface area contributed by atoms with Crippen molar-refractivity contribution in [3.05, 3.63) is 35.2 Å². The molecule has 3 nitrogen and oxygen atoms in total. The Balaban J connectivity index is 1.87. The van der Waals surface area contributed by atoms with Gasteiger partial charge in [-0.05, 0) is 60.8 Å². The maximum atomic E-state index is 12.6. The van der Waals surface area contributed by atoms with E-state index >= 15 is 0 Å². The number of nitrogens with zero attached hydrogens (tertiary/aromatic N) is 1. The highest BCUT2D eigenvalue weighted by Crippen LogP contribution is 2.26. The second-order valence-electron chi connectivity index (χ2n) is 5.32. The Kier molecular flexibility index (Phi) is 3.29. The van der Waals surface area contributed by atoms with Gasteiger partial charge in [-0.1, -0.05) is 0 Å². The number of nitrogens with two attached hydrogens (primary N) is 1. The molecule has 1 fully saturated rings. The standard InChI is InChI=1S/C15H18N2OS/c1-10-6-11(8-16)9-17(10)15(18)13-2-3-14-12(7-13)4-5-19-14/h2-5,7,10-11H,6,8-9,16H2,1H3. The van der Waals surface area contributed by atoms with Crippen molar-refractivity contribution in [2.45, 2.75) is 19.4 Å². The lowest BCUT2D eigenvalue weighted by molar-refractivity contribution is 0.0743. The summed E-state index contributed by atoms with van der Waals surface area (Å²) in [4.78, 5) is 14.5. The minimum Gasteiger partial charge on any atom is -0.336 e. The summed E-state index contributed by atoms with van der Waals surface area (Å²) in [5.41, 5.74) is 6.51. The van der Waals surface area contributed by atoms with Crippen molar-refractivity contribution in [3.8, 4) is 0 Å². The minimum absolute atomic E-state index is 0.136. The predicted octanol–water partition coefficient (Wildman–Crippen LogP) is 2.71. The third-order valence-electron chi connectivity index (χ3n) is 3.95. The first-order chi connectivity index (χ1) is 9.19. The normalized spacial score (nSPS) is 23.2. The lowest BCUT2D eigenvalue weighted by Crippen LogP contribution is -2.34. The van der Waals surface area contributed by atoms with Crippen molar-refractivity contribution in [2.24, 2.45) is 11.7 Å². The SMILES string of the molecule is CC1CC(CN)CN1C(=O)c1ccc2sccc2c1. The predicted molar refractivity (Wildman–Crippen MR) is 79.5 cm³/mol. The van der Waals surface area contributed by atoms with Gasteiger partial charge in [0.15, 0.2) is 0 Å². The molecular formula is C15H18N2OS. The fourth-order valence-electron chi connectivity index (χ4n) is 2.86. The molecule has 2 aromatic rings. The van der Waals surface area contributed by atoms with E-state index in [1.165, 1.54) is 4.70 Å². The smallest absolute Gasteiger partial charge is 0.254 e. The van der Waals surface area contributed by atoms with Gasteiger partial charge in [-0.15, -0.1) is 11.3 Å². The van der Waals surface area contributed by atoms with Crippen LogP contribution >= 0.6 is 11.3 Å². The molecule has 1 aliphatic rings. The minimum atomic E-state index is 0.136. The molecule has 19 heavy (non-hydrogen) atoms. The molecule has 1 aromatic heterocycles. The first-order valence-electron chi connectivity index (χ1n) is 6.67. The van der Waals surface area contributed by atoms with Crippen LogP contribution in [0.2, 0.25) is 0 Å². The van der Waals surface area contributed by atoms with Gasteiger partial charge < -0.3 is 10.6 Å². The van der Waals surface area contributed by atoms with Gasteiger partial charge in [-0.3, -0.25) is 4.79 Å². The molecule has 1 aliphatic heterocycles. The van der Waals surface area contributed by atoms with Gasteiger partial charge >= 0.3 is 0 Å². The van der Waals surface area contributed by atoms with Crippen molar-refractivity contribution >= 4 is 27.3 Å². The van der Waals surface area contributed by atoms with Gasteiger partial charge in [-0.25, -0.2) is 0 Å². The number of hydrogen-bond acceptors (Lipinski definition) is 3. The van der Waals surface area contributed by atoms with Crippen LogP contribution in [0.1, 0.15) is 23.7 Å². The van der Waals surface area contributed by atoms with Crippen LogP contribution < -0.4 is 5.73 Å². The van der Waals surface area contributed by atoms with Crippen LogP contribution in [-0.4, -0.2) is 29.9 Å². The first-order valence-corrected chi connectivity index (χ1v) is 7.55. The molecule has 0 aliphatic carbocycles. The number of thiophene rings is 1. The average Bonchev–Trinajstić information content (AvgIpc) is 3.02. The zero-order chi connectivity index (χ0) is 13.4. The Hall–Kier alpha value is -1.39. The van der Waals surface area contributed by atoms with E-state index in [0.717, 1.165) is 23.9 Å². The zero-order valence-electron chi connectivity index (χ0n) is 11.0. The summed E-state index contributed by atoms with van der Waals surface area (Å²) < 4.78 is 1.23. The van der Waals surface area contributed by atoms with Crippen LogP contribution in [0, 0.1) is 5.92 Å². The molecule has 2 N–H and O–H groups in total. The van der Waals surface area contributed by atoms with E-state index in [1.54, 1.807) is 11.3 Å². The molecule has 4 heteroatoms. The average molecular weight is 274 g/mol. The summed E-state index contributed by atoms with van der Waals surface area (Å²) >= 11 is 1.70. The second kappa shape index (κ2) is 4.94. The Bertz CT molecular complexity index is 607. The lowest BCUT2D eigenvalue weighted by Gasteiger charge is -2.21. The summed E-state index contributed by atoms with van der Waals surface area (Å²) in [7, 11) is 0. The maximum absolute atomic E-state index is 12.6. The number of fused-ring (bicyclic) bond motifs is 1. The number of benzene rings is 1. The number of hydrogen-bond donors (Lipinski definition) is 1. The third-order valence-corrected chi connectivity index (χ3v) is 4.85. The van der Waals surface area contributed by atoms with Crippen LogP contribution in [-0.2, 0) is 0 Å². The molecule has 1 saturated heterocycles. The Morgan fingerprint density at radius 2 is 2.32 bits per heavy atom. The van der Waals surface area contributed by atoms with Crippen LogP contribution in [0.25, 0.3) is 10.1 Å². The second-order valence-corrected chi connectivity index (χ2v) is 6.26. The van der Waals surface area contributed by atoms with Crippen LogP contribution in [0.3, 0.4) is 0 Å². The van der Waals surface area contributed by atoms with E-state index in [0.29, 0.717) is 18.5 Å². The van der Waals surface area contributed by atoms with E-state index < -0.39 is 0 Å². The number of amides is 1. The van der Waals surface area contributed by atoms with E-state index in [-0.39, 0.29) is 5.91 Å². The Labute approximate surface area is 117 Å². The van der Waals surface area contributed by atoms with E-state index in [2.05, 4.69) is 18.4 Å². The molecule has 3 rings (SSSR count). The van der Waals surface area contributed by atoms with Crippen molar-refractivity contribution in [3.63, 3.8) is 0 Å². The molecule has 2 unspecified atom stereocenters. The molecule has 0 bridgehead atoms. The molecule has 1 amide bonds. The molecule has 100 valence electrons. The number of likely N-dealkylation sites (tertiary alicyclic amines) is 1. The fraction of sp³-hybridized carbons (Fsp3) is 0.400. The van der Waals surface area contributed by atoms with Crippen molar-refractivity contribution in [1.82, 2.24) is 4.90 Å². The third kappa shape index (κ3) is 2.26. The van der Waals surface area contributed by atoms with Crippen LogP contribution in [0.5, 0.6) is 0 Å². The lowest BCUT2D eigenvalue weighted by atomic mass is 10.1. The monoisotopic (exact) mass is 274 g/mol. The van der Waals surface area contributed by atoms with Crippen molar-refractivity contribution in [1.29, 1.82) is 0 Å². The Morgan fingerprint density at radius 1 is 1.47 bits per heavy atom. The molecule has 0 saturated carbocycles. The highest BCUT2D eigenvalue weighted by atomic mass is 32.1. The van der Waals surface area contributed by atoms with Crippen molar-refractivity contribution in [2.75, 3.05) is 13.1 Å². The molecule has 2 heterocycles. The maximum Gasteiger partial charge on any atom is 0.254 e. The summed E-state index contributed by atoms with van der Waals surface area (Å²) in [5, 5.41) is 3.21. The summed E-state index contributed by atoms with van der Waals surface area (Å²) in [6.07, 6.45) is 1.02. The quantitative estimate of drug-likeness (QED) is 0.915. The largest absolute Gasteiger partial charge is 0.336 e.